The molecule has 96 valence electrons. The van der Waals surface area contributed by atoms with Gasteiger partial charge < -0.3 is 15.6 Å². The van der Waals surface area contributed by atoms with Gasteiger partial charge in [-0.25, -0.2) is 0 Å². The van der Waals surface area contributed by atoms with E-state index in [-0.39, 0.29) is 5.91 Å². The van der Waals surface area contributed by atoms with Crippen molar-refractivity contribution in [2.75, 3.05) is 6.54 Å². The number of amides is 1. The van der Waals surface area contributed by atoms with Crippen molar-refractivity contribution in [3.8, 4) is 0 Å². The summed E-state index contributed by atoms with van der Waals surface area (Å²) >= 11 is 0. The lowest BCUT2D eigenvalue weighted by Gasteiger charge is -2.07. The van der Waals surface area contributed by atoms with Gasteiger partial charge in [0.2, 0.25) is 5.91 Å². The number of aromatic nitrogens is 1. The highest BCUT2D eigenvalue weighted by atomic mass is 16.1. The first-order valence-corrected chi connectivity index (χ1v) is 6.23. The number of carbonyl (C=O) groups excluding carboxylic acids is 1. The zero-order valence-corrected chi connectivity index (χ0v) is 10.8. The molecule has 3 N–H and O–H groups in total. The first kappa shape index (κ1) is 13.8. The molecule has 4 heteroatoms. The second-order valence-electron chi connectivity index (χ2n) is 4.40. The first-order valence-electron chi connectivity index (χ1n) is 6.23. The molecule has 0 aliphatic rings. The molecule has 0 spiro atoms. The Morgan fingerprint density at radius 3 is 2.71 bits per heavy atom. The predicted octanol–water partition coefficient (Wildman–Crippen LogP) is 1.47. The standard InChI is InChI=1S/C13H23N3O/c1-11-7-8-12(16(11)2)10-15-13(17)6-4-3-5-9-14/h7-8H,3-6,9-10,14H2,1-2H3,(H,15,17). The Bertz CT molecular complexity index is 358. The molecule has 1 rings (SSSR count). The molecule has 0 radical (unpaired) electrons. The largest absolute Gasteiger partial charge is 0.351 e. The number of aryl methyl sites for hydroxylation is 1. The van der Waals surface area contributed by atoms with E-state index in [0.717, 1.165) is 25.0 Å². The van der Waals surface area contributed by atoms with E-state index in [1.807, 2.05) is 13.1 Å². The molecule has 1 amide bonds. The third-order valence-corrected chi connectivity index (χ3v) is 3.05. The molecule has 0 saturated heterocycles. The minimum atomic E-state index is 0.126. The van der Waals surface area contributed by atoms with E-state index in [1.54, 1.807) is 0 Å². The lowest BCUT2D eigenvalue weighted by atomic mass is 10.2. The van der Waals surface area contributed by atoms with E-state index in [0.29, 0.717) is 19.5 Å². The summed E-state index contributed by atoms with van der Waals surface area (Å²) in [6.45, 7) is 3.38. The lowest BCUT2D eigenvalue weighted by molar-refractivity contribution is -0.121. The molecule has 0 saturated carbocycles. The van der Waals surface area contributed by atoms with Crippen LogP contribution in [-0.4, -0.2) is 17.0 Å². The molecule has 0 atom stereocenters. The Morgan fingerprint density at radius 1 is 1.35 bits per heavy atom. The first-order chi connectivity index (χ1) is 8.15. The van der Waals surface area contributed by atoms with E-state index >= 15 is 0 Å². The number of nitrogens with two attached hydrogens (primary N) is 1. The fourth-order valence-corrected chi connectivity index (χ4v) is 1.73. The van der Waals surface area contributed by atoms with E-state index in [4.69, 9.17) is 5.73 Å². The topological polar surface area (TPSA) is 60.1 Å². The number of rotatable bonds is 7. The van der Waals surface area contributed by atoms with Gasteiger partial charge in [-0.2, -0.15) is 0 Å². The van der Waals surface area contributed by atoms with Crippen molar-refractivity contribution in [3.63, 3.8) is 0 Å². The van der Waals surface area contributed by atoms with Gasteiger partial charge >= 0.3 is 0 Å². The van der Waals surface area contributed by atoms with Crippen LogP contribution in [0.15, 0.2) is 12.1 Å². The summed E-state index contributed by atoms with van der Waals surface area (Å²) in [5, 5.41) is 2.94. The molecule has 4 nitrogen and oxygen atoms in total. The van der Waals surface area contributed by atoms with Gasteiger partial charge in [0.1, 0.15) is 0 Å². The average molecular weight is 237 g/mol. The third kappa shape index (κ3) is 4.61. The minimum absolute atomic E-state index is 0.126. The number of carbonyl (C=O) groups is 1. The molecule has 0 unspecified atom stereocenters. The zero-order valence-electron chi connectivity index (χ0n) is 10.8. The Hall–Kier alpha value is -1.29. The Kier molecular flexibility index (Phi) is 5.77. The molecule has 0 fully saturated rings. The Labute approximate surface area is 103 Å². The quantitative estimate of drug-likeness (QED) is 0.705. The SMILES string of the molecule is Cc1ccc(CNC(=O)CCCCCN)n1C. The highest BCUT2D eigenvalue weighted by Gasteiger charge is 2.04. The number of nitrogens with zero attached hydrogens (tertiary/aromatic N) is 1. The van der Waals surface area contributed by atoms with Crippen LogP contribution in [0.2, 0.25) is 0 Å². The van der Waals surface area contributed by atoms with Gasteiger partial charge in [-0.3, -0.25) is 4.79 Å². The van der Waals surface area contributed by atoms with Crippen LogP contribution in [0.3, 0.4) is 0 Å². The molecule has 1 heterocycles. The highest BCUT2D eigenvalue weighted by molar-refractivity contribution is 5.75. The molecule has 0 aliphatic carbocycles. The van der Waals surface area contributed by atoms with Crippen LogP contribution in [0.1, 0.15) is 37.1 Å². The van der Waals surface area contributed by atoms with Gasteiger partial charge in [-0.1, -0.05) is 6.42 Å². The van der Waals surface area contributed by atoms with Crippen LogP contribution in [-0.2, 0) is 18.4 Å². The van der Waals surface area contributed by atoms with E-state index in [1.165, 1.54) is 5.69 Å². The summed E-state index contributed by atoms with van der Waals surface area (Å²) in [5.74, 6) is 0.126. The molecule has 0 aromatic carbocycles. The Morgan fingerprint density at radius 2 is 2.12 bits per heavy atom. The summed E-state index contributed by atoms with van der Waals surface area (Å²) in [6.07, 6.45) is 3.57. The number of nitrogens with one attached hydrogen (secondary N) is 1. The molecule has 0 bridgehead atoms. The number of hydrogen-bond donors (Lipinski definition) is 2. The summed E-state index contributed by atoms with van der Waals surface area (Å²) in [5.41, 5.74) is 7.74. The van der Waals surface area contributed by atoms with Gasteiger partial charge in [0.05, 0.1) is 6.54 Å². The summed E-state index contributed by atoms with van der Waals surface area (Å²) < 4.78 is 2.09. The van der Waals surface area contributed by atoms with E-state index in [2.05, 4.69) is 22.9 Å². The number of unbranched alkanes of at least 4 members (excludes halogenated alkanes) is 2. The van der Waals surface area contributed by atoms with Crippen molar-refractivity contribution in [3.05, 3.63) is 23.5 Å². The van der Waals surface area contributed by atoms with Crippen molar-refractivity contribution in [1.82, 2.24) is 9.88 Å². The monoisotopic (exact) mass is 237 g/mol. The van der Waals surface area contributed by atoms with Crippen molar-refractivity contribution in [1.29, 1.82) is 0 Å². The second kappa shape index (κ2) is 7.12. The Balaban J connectivity index is 2.22. The van der Waals surface area contributed by atoms with Crippen molar-refractivity contribution < 1.29 is 4.79 Å². The lowest BCUT2D eigenvalue weighted by Crippen LogP contribution is -2.23. The maximum Gasteiger partial charge on any atom is 0.220 e. The van der Waals surface area contributed by atoms with Gasteiger partial charge in [0.15, 0.2) is 0 Å². The van der Waals surface area contributed by atoms with Crippen LogP contribution >= 0.6 is 0 Å². The normalized spacial score (nSPS) is 10.5. The maximum absolute atomic E-state index is 11.5. The summed E-state index contributed by atoms with van der Waals surface area (Å²) in [4.78, 5) is 11.5. The molecular weight excluding hydrogens is 214 g/mol. The van der Waals surface area contributed by atoms with Gasteiger partial charge in [0.25, 0.3) is 0 Å². The fourth-order valence-electron chi connectivity index (χ4n) is 1.73. The van der Waals surface area contributed by atoms with Crippen LogP contribution < -0.4 is 11.1 Å². The average Bonchev–Trinajstić information content (AvgIpc) is 2.63. The summed E-state index contributed by atoms with van der Waals surface area (Å²) in [7, 11) is 2.01. The van der Waals surface area contributed by atoms with Crippen molar-refractivity contribution in [2.45, 2.75) is 39.2 Å². The second-order valence-corrected chi connectivity index (χ2v) is 4.40. The molecule has 0 aliphatic heterocycles. The molecular formula is C13H23N3O. The minimum Gasteiger partial charge on any atom is -0.351 e. The van der Waals surface area contributed by atoms with Gasteiger partial charge in [-0.15, -0.1) is 0 Å². The third-order valence-electron chi connectivity index (χ3n) is 3.05. The van der Waals surface area contributed by atoms with Crippen LogP contribution in [0, 0.1) is 6.92 Å². The summed E-state index contributed by atoms with van der Waals surface area (Å²) in [6, 6.07) is 4.10. The van der Waals surface area contributed by atoms with Crippen molar-refractivity contribution in [2.24, 2.45) is 12.8 Å². The molecule has 1 aromatic heterocycles. The fraction of sp³-hybridized carbons (Fsp3) is 0.615. The highest BCUT2D eigenvalue weighted by Crippen LogP contribution is 2.05. The van der Waals surface area contributed by atoms with Crippen LogP contribution in [0.4, 0.5) is 0 Å². The zero-order chi connectivity index (χ0) is 12.7. The van der Waals surface area contributed by atoms with Crippen LogP contribution in [0.25, 0.3) is 0 Å². The van der Waals surface area contributed by atoms with Crippen LogP contribution in [0.5, 0.6) is 0 Å². The smallest absolute Gasteiger partial charge is 0.220 e. The molecule has 1 aromatic rings. The molecule has 17 heavy (non-hydrogen) atoms. The predicted molar refractivity (Wildman–Crippen MR) is 69.5 cm³/mol. The maximum atomic E-state index is 11.5. The van der Waals surface area contributed by atoms with Crippen molar-refractivity contribution >= 4 is 5.91 Å². The number of hydrogen-bond acceptors (Lipinski definition) is 2. The van der Waals surface area contributed by atoms with E-state index < -0.39 is 0 Å². The van der Waals surface area contributed by atoms with Gasteiger partial charge in [0, 0.05) is 24.9 Å². The van der Waals surface area contributed by atoms with E-state index in [9.17, 15) is 4.79 Å². The van der Waals surface area contributed by atoms with Gasteiger partial charge in [-0.05, 0) is 38.4 Å².